The summed E-state index contributed by atoms with van der Waals surface area (Å²) in [6, 6.07) is 11.1. The molecule has 2 rings (SSSR count). The summed E-state index contributed by atoms with van der Waals surface area (Å²) in [6.07, 6.45) is 0. The number of nitrogens with one attached hydrogen (secondary N) is 2. The van der Waals surface area contributed by atoms with Crippen molar-refractivity contribution in [2.45, 2.75) is 11.8 Å². The average Bonchev–Trinajstić information content (AvgIpc) is 2.57. The first-order valence-corrected chi connectivity index (χ1v) is 9.87. The fraction of sp³-hybridized carbons (Fsp3) is 0.278. The number of sulfonamides is 1. The molecule has 0 fully saturated rings. The summed E-state index contributed by atoms with van der Waals surface area (Å²) in [7, 11) is 0.0390. The summed E-state index contributed by atoms with van der Waals surface area (Å²) in [6.45, 7) is 2.71. The van der Waals surface area contributed by atoms with Crippen LogP contribution in [0.2, 0.25) is 5.02 Å². The number of hydrogen-bond donors (Lipinski definition) is 2. The average molecular weight is 396 g/mol. The number of carbonyl (C=O) groups excluding carboxylic acids is 1. The number of aryl methyl sites for hydroxylation is 1. The van der Waals surface area contributed by atoms with Crippen LogP contribution in [0.3, 0.4) is 0 Å². The minimum Gasteiger partial charge on any atom is -0.322 e. The van der Waals surface area contributed by atoms with Crippen molar-refractivity contribution in [3.63, 3.8) is 0 Å². The zero-order chi connectivity index (χ0) is 19.3. The van der Waals surface area contributed by atoms with Crippen LogP contribution in [0.1, 0.15) is 15.9 Å². The lowest BCUT2D eigenvalue weighted by molar-refractivity contribution is 0.102. The molecule has 2 aromatic rings. The molecule has 0 radical (unpaired) electrons. The number of rotatable bonds is 7. The Balaban J connectivity index is 2.17. The number of anilines is 1. The Morgan fingerprint density at radius 3 is 2.58 bits per heavy atom. The van der Waals surface area contributed by atoms with Crippen LogP contribution in [0.25, 0.3) is 0 Å². The molecule has 0 heterocycles. The minimum atomic E-state index is -3.68. The van der Waals surface area contributed by atoms with Crippen LogP contribution < -0.4 is 10.0 Å². The normalized spacial score (nSPS) is 11.6. The molecule has 140 valence electrons. The first-order chi connectivity index (χ1) is 12.2. The molecule has 2 aromatic carbocycles. The summed E-state index contributed by atoms with van der Waals surface area (Å²) >= 11 is 5.96. The molecule has 0 aliphatic heterocycles. The van der Waals surface area contributed by atoms with Crippen molar-refractivity contribution in [2.24, 2.45) is 0 Å². The standard InChI is InChI=1S/C18H22ClN3O3S/c1-13-7-8-15(19)12-17(13)21-18(23)14-5-4-6-16(11-14)26(24,25)20-9-10-22(2)3/h4-8,11-12,20H,9-10H2,1-3H3,(H,21,23). The summed E-state index contributed by atoms with van der Waals surface area (Å²) in [5, 5.41) is 3.27. The van der Waals surface area contributed by atoms with Gasteiger partial charge in [-0.15, -0.1) is 0 Å². The van der Waals surface area contributed by atoms with Gasteiger partial charge in [0.2, 0.25) is 10.0 Å². The molecule has 0 saturated heterocycles. The van der Waals surface area contributed by atoms with Gasteiger partial charge < -0.3 is 10.2 Å². The summed E-state index contributed by atoms with van der Waals surface area (Å²) in [5.74, 6) is -0.402. The fourth-order valence-corrected chi connectivity index (χ4v) is 3.45. The highest BCUT2D eigenvalue weighted by Crippen LogP contribution is 2.21. The number of benzene rings is 2. The Kier molecular flexibility index (Phi) is 6.77. The van der Waals surface area contributed by atoms with Crippen LogP contribution in [0.15, 0.2) is 47.4 Å². The number of hydrogen-bond acceptors (Lipinski definition) is 4. The van der Waals surface area contributed by atoms with Gasteiger partial charge in [-0.05, 0) is 56.9 Å². The zero-order valence-electron chi connectivity index (χ0n) is 14.9. The molecule has 26 heavy (non-hydrogen) atoms. The third kappa shape index (κ3) is 5.54. The van der Waals surface area contributed by atoms with Crippen LogP contribution in [-0.2, 0) is 10.0 Å². The maximum Gasteiger partial charge on any atom is 0.255 e. The van der Waals surface area contributed by atoms with Gasteiger partial charge in [-0.3, -0.25) is 4.79 Å². The van der Waals surface area contributed by atoms with Crippen molar-refractivity contribution in [3.05, 3.63) is 58.6 Å². The molecule has 8 heteroatoms. The molecular weight excluding hydrogens is 374 g/mol. The Labute approximate surface area is 159 Å². The van der Waals surface area contributed by atoms with E-state index in [0.29, 0.717) is 17.3 Å². The molecule has 0 aromatic heterocycles. The molecule has 2 N–H and O–H groups in total. The van der Waals surface area contributed by atoms with E-state index < -0.39 is 15.9 Å². The second kappa shape index (κ2) is 8.64. The Bertz CT molecular complexity index is 898. The summed E-state index contributed by atoms with van der Waals surface area (Å²) in [5.41, 5.74) is 1.69. The smallest absolute Gasteiger partial charge is 0.255 e. The predicted octanol–water partition coefficient (Wildman–Crippen LogP) is 2.74. The number of likely N-dealkylation sites (N-methyl/N-ethyl adjacent to an activating group) is 1. The predicted molar refractivity (Wildman–Crippen MR) is 104 cm³/mol. The molecule has 0 spiro atoms. The third-order valence-corrected chi connectivity index (χ3v) is 5.40. The zero-order valence-corrected chi connectivity index (χ0v) is 16.5. The van der Waals surface area contributed by atoms with Gasteiger partial charge in [0.25, 0.3) is 5.91 Å². The van der Waals surface area contributed by atoms with Gasteiger partial charge in [0.1, 0.15) is 0 Å². The van der Waals surface area contributed by atoms with Gasteiger partial charge in [0.15, 0.2) is 0 Å². The van der Waals surface area contributed by atoms with Gasteiger partial charge >= 0.3 is 0 Å². The van der Waals surface area contributed by atoms with E-state index >= 15 is 0 Å². The number of amides is 1. The lowest BCUT2D eigenvalue weighted by atomic mass is 10.1. The van der Waals surface area contributed by atoms with Crippen LogP contribution in [0, 0.1) is 6.92 Å². The Morgan fingerprint density at radius 2 is 1.88 bits per heavy atom. The maximum absolute atomic E-state index is 12.5. The van der Waals surface area contributed by atoms with E-state index in [4.69, 9.17) is 11.6 Å². The SMILES string of the molecule is Cc1ccc(Cl)cc1NC(=O)c1cccc(S(=O)(=O)NCCN(C)C)c1. The number of halogens is 1. The molecule has 0 unspecified atom stereocenters. The minimum absolute atomic E-state index is 0.0479. The first kappa shape index (κ1) is 20.4. The second-order valence-electron chi connectivity index (χ2n) is 6.14. The van der Waals surface area contributed by atoms with E-state index in [1.807, 2.05) is 25.9 Å². The molecule has 0 atom stereocenters. The third-order valence-electron chi connectivity index (χ3n) is 3.71. The van der Waals surface area contributed by atoms with E-state index in [9.17, 15) is 13.2 Å². The van der Waals surface area contributed by atoms with Crippen molar-refractivity contribution in [1.82, 2.24) is 9.62 Å². The van der Waals surface area contributed by atoms with Crippen molar-refractivity contribution in [2.75, 3.05) is 32.5 Å². The van der Waals surface area contributed by atoms with Crippen molar-refractivity contribution in [1.29, 1.82) is 0 Å². The Hall–Kier alpha value is -1.93. The van der Waals surface area contributed by atoms with Crippen molar-refractivity contribution in [3.8, 4) is 0 Å². The topological polar surface area (TPSA) is 78.5 Å². The van der Waals surface area contributed by atoms with E-state index in [1.54, 1.807) is 30.3 Å². The van der Waals surface area contributed by atoms with Crippen LogP contribution in [0.4, 0.5) is 5.69 Å². The monoisotopic (exact) mass is 395 g/mol. The highest BCUT2D eigenvalue weighted by atomic mass is 35.5. The molecule has 0 aliphatic rings. The van der Waals surface area contributed by atoms with Crippen LogP contribution in [0.5, 0.6) is 0 Å². The Morgan fingerprint density at radius 1 is 1.15 bits per heavy atom. The quantitative estimate of drug-likeness (QED) is 0.755. The molecule has 0 bridgehead atoms. The molecule has 0 aliphatic carbocycles. The lowest BCUT2D eigenvalue weighted by Gasteiger charge is -2.12. The van der Waals surface area contributed by atoms with Crippen LogP contribution in [-0.4, -0.2) is 46.4 Å². The molecule has 0 saturated carbocycles. The lowest BCUT2D eigenvalue weighted by Crippen LogP contribution is -2.31. The van der Waals surface area contributed by atoms with E-state index in [0.717, 1.165) is 5.56 Å². The molecule has 6 nitrogen and oxygen atoms in total. The molecular formula is C18H22ClN3O3S. The number of carbonyl (C=O) groups is 1. The highest BCUT2D eigenvalue weighted by Gasteiger charge is 2.16. The van der Waals surface area contributed by atoms with Gasteiger partial charge in [-0.1, -0.05) is 23.7 Å². The largest absolute Gasteiger partial charge is 0.322 e. The summed E-state index contributed by atoms with van der Waals surface area (Å²) < 4.78 is 27.3. The van der Waals surface area contributed by atoms with Crippen molar-refractivity contribution >= 4 is 33.2 Å². The van der Waals surface area contributed by atoms with E-state index in [-0.39, 0.29) is 17.0 Å². The molecule has 1 amide bonds. The van der Waals surface area contributed by atoms with Crippen LogP contribution >= 0.6 is 11.6 Å². The van der Waals surface area contributed by atoms with Gasteiger partial charge in [-0.25, -0.2) is 13.1 Å². The number of nitrogens with zero attached hydrogens (tertiary/aromatic N) is 1. The van der Waals surface area contributed by atoms with Gasteiger partial charge in [-0.2, -0.15) is 0 Å². The highest BCUT2D eigenvalue weighted by molar-refractivity contribution is 7.89. The van der Waals surface area contributed by atoms with Gasteiger partial charge in [0, 0.05) is 29.4 Å². The first-order valence-electron chi connectivity index (χ1n) is 8.01. The van der Waals surface area contributed by atoms with Crippen molar-refractivity contribution < 1.29 is 13.2 Å². The second-order valence-corrected chi connectivity index (χ2v) is 8.35. The van der Waals surface area contributed by atoms with E-state index in [1.165, 1.54) is 12.1 Å². The van der Waals surface area contributed by atoms with Gasteiger partial charge in [0.05, 0.1) is 4.90 Å². The maximum atomic E-state index is 12.5. The fourth-order valence-electron chi connectivity index (χ4n) is 2.21. The summed E-state index contributed by atoms with van der Waals surface area (Å²) in [4.78, 5) is 14.4. The van der Waals surface area contributed by atoms with E-state index in [2.05, 4.69) is 10.0 Å².